The Balaban J connectivity index is 2.30. The molecular weight excluding hydrogens is 258 g/mol. The average Bonchev–Trinajstić information content (AvgIpc) is 2.53. The van der Waals surface area contributed by atoms with E-state index in [1.54, 1.807) is 6.08 Å². The normalized spacial score (nSPS) is 14.1. The molecule has 0 radical (unpaired) electrons. The predicted molar refractivity (Wildman–Crippen MR) is 88.5 cm³/mol. The molecule has 0 unspecified atom stereocenters. The summed E-state index contributed by atoms with van der Waals surface area (Å²) in [7, 11) is 0. The van der Waals surface area contributed by atoms with Gasteiger partial charge in [0.1, 0.15) is 12.4 Å². The molecule has 0 saturated carbocycles. The van der Waals surface area contributed by atoms with Crippen LogP contribution < -0.4 is 4.74 Å². The lowest BCUT2D eigenvalue weighted by Gasteiger charge is -2.30. The molecule has 0 atom stereocenters. The number of ether oxygens (including phenoxy) is 1. The third-order valence-electron chi connectivity index (χ3n) is 3.33. The van der Waals surface area contributed by atoms with Crippen LogP contribution in [0.5, 0.6) is 5.75 Å². The van der Waals surface area contributed by atoms with E-state index >= 15 is 0 Å². The second-order valence-corrected chi connectivity index (χ2v) is 4.59. The Morgan fingerprint density at radius 1 is 1.29 bits per heavy atom. The van der Waals surface area contributed by atoms with Crippen LogP contribution in [0.2, 0.25) is 0 Å². The van der Waals surface area contributed by atoms with Gasteiger partial charge in [-0.3, -0.25) is 0 Å². The monoisotopic (exact) mass is 277 g/mol. The minimum absolute atomic E-state index is 0.508. The molecule has 0 N–H and O–H groups in total. The predicted octanol–water partition coefficient (Wildman–Crippen LogP) is 4.00. The molecule has 1 aliphatic rings. The van der Waals surface area contributed by atoms with Gasteiger partial charge in [-0.2, -0.15) is 0 Å². The second-order valence-electron chi connectivity index (χ2n) is 4.59. The molecule has 2 nitrogen and oxygen atoms in total. The van der Waals surface area contributed by atoms with Crippen LogP contribution in [0, 0.1) is 12.3 Å². The van der Waals surface area contributed by atoms with Crippen molar-refractivity contribution in [2.24, 2.45) is 0 Å². The number of allylic oxidation sites excluding steroid dienone is 3. The number of terminal acetylenes is 1. The van der Waals surface area contributed by atoms with Crippen molar-refractivity contribution in [1.82, 2.24) is 4.90 Å². The van der Waals surface area contributed by atoms with Crippen LogP contribution in [0.3, 0.4) is 0 Å². The standard InChI is InChI=1S/C19H19NO/c1-5-14-21-18-11-8-17(9-12-18)19-13-10-16(6-2)15(4)20(19)7-3/h2,5,8-13H,1,4,7,14H2,3H3. The summed E-state index contributed by atoms with van der Waals surface area (Å²) in [5, 5.41) is 0. The van der Waals surface area contributed by atoms with Crippen LogP contribution in [0.4, 0.5) is 0 Å². The highest BCUT2D eigenvalue weighted by Crippen LogP contribution is 2.30. The van der Waals surface area contributed by atoms with E-state index in [2.05, 4.69) is 30.9 Å². The van der Waals surface area contributed by atoms with Gasteiger partial charge in [0.15, 0.2) is 0 Å². The summed E-state index contributed by atoms with van der Waals surface area (Å²) in [5.41, 5.74) is 3.89. The first kappa shape index (κ1) is 14.7. The summed E-state index contributed by atoms with van der Waals surface area (Å²) in [6, 6.07) is 7.98. The van der Waals surface area contributed by atoms with Gasteiger partial charge in [0, 0.05) is 23.5 Å². The summed E-state index contributed by atoms with van der Waals surface area (Å²) in [6.07, 6.45) is 11.2. The van der Waals surface area contributed by atoms with Crippen molar-refractivity contribution in [3.63, 3.8) is 0 Å². The first-order chi connectivity index (χ1) is 10.2. The third-order valence-corrected chi connectivity index (χ3v) is 3.33. The van der Waals surface area contributed by atoms with E-state index in [0.29, 0.717) is 6.61 Å². The molecule has 0 saturated heterocycles. The second kappa shape index (κ2) is 6.67. The molecule has 21 heavy (non-hydrogen) atoms. The summed E-state index contributed by atoms with van der Waals surface area (Å²) in [5.74, 6) is 3.50. The maximum atomic E-state index is 5.50. The Bertz CT molecular complexity index is 641. The molecule has 2 rings (SSSR count). The van der Waals surface area contributed by atoms with Crippen molar-refractivity contribution in [1.29, 1.82) is 0 Å². The van der Waals surface area contributed by atoms with Crippen molar-refractivity contribution in [3.8, 4) is 18.1 Å². The number of hydrogen-bond donors (Lipinski definition) is 0. The van der Waals surface area contributed by atoms with Crippen molar-refractivity contribution in [2.45, 2.75) is 6.92 Å². The van der Waals surface area contributed by atoms with Crippen molar-refractivity contribution in [3.05, 3.63) is 72.5 Å². The van der Waals surface area contributed by atoms with Gasteiger partial charge in [-0.05, 0) is 48.9 Å². The quantitative estimate of drug-likeness (QED) is 0.596. The number of likely N-dealkylation sites (N-methyl/N-ethyl adjacent to an activating group) is 1. The van der Waals surface area contributed by atoms with Crippen LogP contribution >= 0.6 is 0 Å². The minimum Gasteiger partial charge on any atom is -0.490 e. The fourth-order valence-corrected chi connectivity index (χ4v) is 2.26. The van der Waals surface area contributed by atoms with Crippen LogP contribution in [0.15, 0.2) is 66.9 Å². The molecule has 1 aromatic carbocycles. The molecule has 0 amide bonds. The molecule has 0 spiro atoms. The molecule has 1 heterocycles. The fourth-order valence-electron chi connectivity index (χ4n) is 2.26. The smallest absolute Gasteiger partial charge is 0.119 e. The van der Waals surface area contributed by atoms with E-state index in [1.165, 1.54) is 0 Å². The Morgan fingerprint density at radius 2 is 2.00 bits per heavy atom. The molecular formula is C19H19NO. The van der Waals surface area contributed by atoms with Gasteiger partial charge in [0.25, 0.3) is 0 Å². The molecule has 2 heteroatoms. The van der Waals surface area contributed by atoms with Crippen LogP contribution in [0.1, 0.15) is 12.5 Å². The van der Waals surface area contributed by atoms with E-state index in [4.69, 9.17) is 11.2 Å². The van der Waals surface area contributed by atoms with E-state index < -0.39 is 0 Å². The zero-order chi connectivity index (χ0) is 15.2. The zero-order valence-electron chi connectivity index (χ0n) is 12.3. The van der Waals surface area contributed by atoms with Gasteiger partial charge in [0.05, 0.1) is 0 Å². The molecule has 0 fully saturated rings. The van der Waals surface area contributed by atoms with Gasteiger partial charge in [-0.25, -0.2) is 0 Å². The van der Waals surface area contributed by atoms with E-state index in [0.717, 1.165) is 34.8 Å². The molecule has 1 aromatic rings. The summed E-state index contributed by atoms with van der Waals surface area (Å²) < 4.78 is 5.50. The Kier molecular flexibility index (Phi) is 4.68. The van der Waals surface area contributed by atoms with Gasteiger partial charge in [-0.1, -0.05) is 25.2 Å². The lowest BCUT2D eigenvalue weighted by molar-refractivity contribution is 0.363. The highest BCUT2D eigenvalue weighted by atomic mass is 16.5. The number of benzene rings is 1. The largest absolute Gasteiger partial charge is 0.490 e. The zero-order valence-corrected chi connectivity index (χ0v) is 12.3. The number of hydrogen-bond acceptors (Lipinski definition) is 2. The average molecular weight is 277 g/mol. The Morgan fingerprint density at radius 3 is 2.57 bits per heavy atom. The Labute approximate surface area is 126 Å². The fraction of sp³-hybridized carbons (Fsp3) is 0.158. The highest BCUT2D eigenvalue weighted by Gasteiger charge is 2.18. The Hall–Kier alpha value is -2.66. The third kappa shape index (κ3) is 3.09. The molecule has 0 bridgehead atoms. The maximum Gasteiger partial charge on any atom is 0.119 e. The first-order valence-corrected chi connectivity index (χ1v) is 6.90. The summed E-state index contributed by atoms with van der Waals surface area (Å²) in [6.45, 7) is 11.1. The van der Waals surface area contributed by atoms with Gasteiger partial charge in [-0.15, -0.1) is 6.42 Å². The van der Waals surface area contributed by atoms with Gasteiger partial charge >= 0.3 is 0 Å². The molecule has 1 aliphatic heterocycles. The van der Waals surface area contributed by atoms with Crippen molar-refractivity contribution in [2.75, 3.05) is 13.2 Å². The van der Waals surface area contributed by atoms with Crippen LogP contribution in [-0.4, -0.2) is 18.1 Å². The number of nitrogens with zero attached hydrogens (tertiary/aromatic N) is 1. The maximum absolute atomic E-state index is 5.50. The minimum atomic E-state index is 0.508. The van der Waals surface area contributed by atoms with E-state index in [1.807, 2.05) is 36.4 Å². The van der Waals surface area contributed by atoms with Crippen LogP contribution in [0.25, 0.3) is 5.70 Å². The number of rotatable bonds is 5. The lowest BCUT2D eigenvalue weighted by Crippen LogP contribution is -2.23. The summed E-state index contributed by atoms with van der Waals surface area (Å²) in [4.78, 5) is 2.12. The van der Waals surface area contributed by atoms with Crippen LogP contribution in [-0.2, 0) is 0 Å². The molecule has 0 aromatic heterocycles. The van der Waals surface area contributed by atoms with Crippen molar-refractivity contribution < 1.29 is 4.74 Å². The first-order valence-electron chi connectivity index (χ1n) is 6.90. The van der Waals surface area contributed by atoms with E-state index in [9.17, 15) is 0 Å². The SMILES string of the molecule is C#CC1=CC=C(c2ccc(OCC=C)cc2)N(CC)C1=C. The van der Waals surface area contributed by atoms with Gasteiger partial charge < -0.3 is 9.64 Å². The van der Waals surface area contributed by atoms with E-state index in [-0.39, 0.29) is 0 Å². The molecule has 106 valence electrons. The van der Waals surface area contributed by atoms with Gasteiger partial charge in [0.2, 0.25) is 0 Å². The lowest BCUT2D eigenvalue weighted by atomic mass is 10.0. The van der Waals surface area contributed by atoms with Crippen molar-refractivity contribution >= 4 is 5.70 Å². The highest BCUT2D eigenvalue weighted by molar-refractivity contribution is 5.72. The topological polar surface area (TPSA) is 12.5 Å². The summed E-state index contributed by atoms with van der Waals surface area (Å²) >= 11 is 0. The molecule has 0 aliphatic carbocycles.